The van der Waals surface area contributed by atoms with Crippen molar-refractivity contribution in [3.8, 4) is 0 Å². The minimum Gasteiger partial charge on any atom is -0.310 e. The van der Waals surface area contributed by atoms with Crippen LogP contribution in [-0.2, 0) is 11.8 Å². The molecule has 7 heteroatoms. The summed E-state index contributed by atoms with van der Waals surface area (Å²) in [5.41, 5.74) is 2.68. The summed E-state index contributed by atoms with van der Waals surface area (Å²) in [6.07, 6.45) is 0. The van der Waals surface area contributed by atoms with Crippen molar-refractivity contribution in [2.24, 2.45) is 7.05 Å². The smallest absolute Gasteiger partial charge is 0.235 e. The maximum Gasteiger partial charge on any atom is 0.235 e. The summed E-state index contributed by atoms with van der Waals surface area (Å²) < 4.78 is 1.64. The van der Waals surface area contributed by atoms with E-state index in [1.807, 2.05) is 32.9 Å². The molecule has 20 heavy (non-hydrogen) atoms. The average molecular weight is 291 g/mol. The van der Waals surface area contributed by atoms with E-state index in [1.54, 1.807) is 11.7 Å². The molecule has 2 rings (SSSR count). The highest BCUT2D eigenvalue weighted by atomic mass is 32.2. The molecule has 0 fully saturated rings. The Morgan fingerprint density at radius 1 is 1.20 bits per heavy atom. The number of carbonyl (C=O) groups excluding carboxylic acids is 1. The zero-order valence-electron chi connectivity index (χ0n) is 12.0. The molecule has 0 saturated heterocycles. The second-order valence-electron chi connectivity index (χ2n) is 4.56. The maximum atomic E-state index is 11.9. The summed E-state index contributed by atoms with van der Waals surface area (Å²) in [6.45, 7) is 5.71. The molecule has 0 aliphatic heterocycles. The van der Waals surface area contributed by atoms with Crippen molar-refractivity contribution in [1.82, 2.24) is 19.7 Å². The molecule has 1 amide bonds. The first-order valence-corrected chi connectivity index (χ1v) is 7.18. The van der Waals surface area contributed by atoms with Gasteiger partial charge in [-0.2, -0.15) is 5.10 Å². The van der Waals surface area contributed by atoms with E-state index in [0.717, 1.165) is 17.1 Å². The predicted octanol–water partition coefficient (Wildman–Crippen LogP) is 1.87. The minimum absolute atomic E-state index is 0.0965. The summed E-state index contributed by atoms with van der Waals surface area (Å²) in [5.74, 6) is 0.864. The molecule has 2 heterocycles. The third-order valence-electron chi connectivity index (χ3n) is 2.56. The van der Waals surface area contributed by atoms with Gasteiger partial charge in [-0.1, -0.05) is 11.8 Å². The first-order chi connectivity index (χ1) is 9.44. The van der Waals surface area contributed by atoms with Gasteiger partial charge < -0.3 is 5.32 Å². The number of hydrogen-bond donors (Lipinski definition) is 1. The van der Waals surface area contributed by atoms with Crippen molar-refractivity contribution in [1.29, 1.82) is 0 Å². The second-order valence-corrected chi connectivity index (χ2v) is 5.51. The van der Waals surface area contributed by atoms with Crippen LogP contribution in [0.25, 0.3) is 0 Å². The van der Waals surface area contributed by atoms with E-state index in [9.17, 15) is 4.79 Å². The van der Waals surface area contributed by atoms with Gasteiger partial charge in [-0.3, -0.25) is 9.48 Å². The van der Waals surface area contributed by atoms with E-state index in [0.29, 0.717) is 11.0 Å². The number of hydrogen-bond acceptors (Lipinski definition) is 5. The van der Waals surface area contributed by atoms with Crippen LogP contribution >= 0.6 is 11.8 Å². The van der Waals surface area contributed by atoms with E-state index in [2.05, 4.69) is 20.4 Å². The fourth-order valence-corrected chi connectivity index (χ4v) is 2.54. The Morgan fingerprint density at radius 2 is 1.85 bits per heavy atom. The summed E-state index contributed by atoms with van der Waals surface area (Å²) in [4.78, 5) is 20.5. The van der Waals surface area contributed by atoms with Crippen molar-refractivity contribution in [3.05, 3.63) is 29.2 Å². The molecule has 106 valence electrons. The third kappa shape index (κ3) is 3.80. The van der Waals surface area contributed by atoms with Crippen LogP contribution in [-0.4, -0.2) is 31.4 Å². The van der Waals surface area contributed by atoms with Crippen LogP contribution in [0.3, 0.4) is 0 Å². The standard InChI is InChI=1S/C13H17N5OS/c1-8-5-9(2)15-13(14-8)20-7-12(19)16-11-6-10(3)17-18(11)4/h5-6H,7H2,1-4H3,(H,16,19). The van der Waals surface area contributed by atoms with Gasteiger partial charge in [-0.15, -0.1) is 0 Å². The van der Waals surface area contributed by atoms with Crippen molar-refractivity contribution in [3.63, 3.8) is 0 Å². The van der Waals surface area contributed by atoms with Crippen molar-refractivity contribution in [2.45, 2.75) is 25.9 Å². The minimum atomic E-state index is -0.0965. The van der Waals surface area contributed by atoms with Crippen LogP contribution in [0.5, 0.6) is 0 Å². The van der Waals surface area contributed by atoms with Gasteiger partial charge in [0.15, 0.2) is 5.16 Å². The Hall–Kier alpha value is -1.89. The number of nitrogens with zero attached hydrogens (tertiary/aromatic N) is 4. The number of rotatable bonds is 4. The molecule has 0 atom stereocenters. The molecule has 1 N–H and O–H groups in total. The van der Waals surface area contributed by atoms with Gasteiger partial charge >= 0.3 is 0 Å². The van der Waals surface area contributed by atoms with Crippen LogP contribution in [0.15, 0.2) is 17.3 Å². The van der Waals surface area contributed by atoms with Crippen molar-refractivity contribution >= 4 is 23.5 Å². The van der Waals surface area contributed by atoms with Gasteiger partial charge in [0.2, 0.25) is 5.91 Å². The molecule has 0 radical (unpaired) electrons. The molecule has 0 spiro atoms. The summed E-state index contributed by atoms with van der Waals surface area (Å²) in [5, 5.41) is 7.62. The lowest BCUT2D eigenvalue weighted by Gasteiger charge is -2.05. The molecule has 0 aliphatic carbocycles. The van der Waals surface area contributed by atoms with Crippen LogP contribution in [0.2, 0.25) is 0 Å². The number of nitrogens with one attached hydrogen (secondary N) is 1. The molecular weight excluding hydrogens is 274 g/mol. The number of aryl methyl sites for hydroxylation is 4. The first-order valence-electron chi connectivity index (χ1n) is 6.19. The molecule has 0 saturated carbocycles. The molecule has 2 aromatic heterocycles. The Balaban J connectivity index is 1.93. The highest BCUT2D eigenvalue weighted by Gasteiger charge is 2.09. The lowest BCUT2D eigenvalue weighted by Crippen LogP contribution is -2.16. The first kappa shape index (κ1) is 14.5. The van der Waals surface area contributed by atoms with Gasteiger partial charge in [0.05, 0.1) is 11.4 Å². The largest absolute Gasteiger partial charge is 0.310 e. The summed E-state index contributed by atoms with van der Waals surface area (Å²) >= 11 is 1.32. The summed E-state index contributed by atoms with van der Waals surface area (Å²) in [6, 6.07) is 3.73. The number of aromatic nitrogens is 4. The van der Waals surface area contributed by atoms with Crippen LogP contribution in [0, 0.1) is 20.8 Å². The van der Waals surface area contributed by atoms with Gasteiger partial charge in [-0.25, -0.2) is 9.97 Å². The molecule has 0 bridgehead atoms. The Labute approximate surface area is 122 Å². The van der Waals surface area contributed by atoms with E-state index in [1.165, 1.54) is 11.8 Å². The number of amides is 1. The van der Waals surface area contributed by atoms with E-state index in [-0.39, 0.29) is 11.7 Å². The van der Waals surface area contributed by atoms with Crippen LogP contribution in [0.1, 0.15) is 17.1 Å². The topological polar surface area (TPSA) is 72.7 Å². The fourth-order valence-electron chi connectivity index (χ4n) is 1.79. The number of anilines is 1. The number of carbonyl (C=O) groups is 1. The molecule has 0 aromatic carbocycles. The molecule has 0 aliphatic rings. The Morgan fingerprint density at radius 3 is 2.40 bits per heavy atom. The quantitative estimate of drug-likeness (QED) is 0.687. The van der Waals surface area contributed by atoms with Crippen molar-refractivity contribution < 1.29 is 4.79 Å². The Bertz CT molecular complexity index is 617. The van der Waals surface area contributed by atoms with Gasteiger partial charge in [-0.05, 0) is 26.8 Å². The summed E-state index contributed by atoms with van der Waals surface area (Å²) in [7, 11) is 1.79. The number of thioether (sulfide) groups is 1. The van der Waals surface area contributed by atoms with Crippen LogP contribution < -0.4 is 5.32 Å². The molecule has 2 aromatic rings. The zero-order chi connectivity index (χ0) is 14.7. The SMILES string of the molecule is Cc1cc(C)nc(SCC(=O)Nc2cc(C)nn2C)n1. The van der Waals surface area contributed by atoms with E-state index in [4.69, 9.17) is 0 Å². The highest BCUT2D eigenvalue weighted by Crippen LogP contribution is 2.15. The predicted molar refractivity (Wildman–Crippen MR) is 78.8 cm³/mol. The highest BCUT2D eigenvalue weighted by molar-refractivity contribution is 7.99. The van der Waals surface area contributed by atoms with Gasteiger partial charge in [0.25, 0.3) is 0 Å². The fraction of sp³-hybridized carbons (Fsp3) is 0.385. The van der Waals surface area contributed by atoms with Crippen molar-refractivity contribution in [2.75, 3.05) is 11.1 Å². The van der Waals surface area contributed by atoms with Gasteiger partial charge in [0, 0.05) is 24.5 Å². The lowest BCUT2D eigenvalue weighted by atomic mass is 10.4. The molecule has 0 unspecified atom stereocenters. The lowest BCUT2D eigenvalue weighted by molar-refractivity contribution is -0.113. The average Bonchev–Trinajstić information content (AvgIpc) is 2.64. The molecule has 6 nitrogen and oxygen atoms in total. The second kappa shape index (κ2) is 6.04. The molecular formula is C13H17N5OS. The Kier molecular flexibility index (Phi) is 4.39. The third-order valence-corrected chi connectivity index (χ3v) is 3.41. The zero-order valence-corrected chi connectivity index (χ0v) is 12.8. The van der Waals surface area contributed by atoms with Gasteiger partial charge in [0.1, 0.15) is 5.82 Å². The monoisotopic (exact) mass is 291 g/mol. The van der Waals surface area contributed by atoms with E-state index < -0.39 is 0 Å². The van der Waals surface area contributed by atoms with Crippen LogP contribution in [0.4, 0.5) is 5.82 Å². The van der Waals surface area contributed by atoms with E-state index >= 15 is 0 Å². The normalized spacial score (nSPS) is 10.6. The maximum absolute atomic E-state index is 11.9.